The van der Waals surface area contributed by atoms with Crippen molar-refractivity contribution < 1.29 is 9.59 Å². The van der Waals surface area contributed by atoms with Crippen molar-refractivity contribution in [3.05, 3.63) is 41.0 Å². The van der Waals surface area contributed by atoms with E-state index in [0.29, 0.717) is 11.6 Å². The first-order valence-electron chi connectivity index (χ1n) is 8.99. The molecular formula is C19H19B3N4O2. The van der Waals surface area contributed by atoms with Crippen LogP contribution in [-0.4, -0.2) is 48.4 Å². The van der Waals surface area contributed by atoms with Crippen LogP contribution in [0.4, 0.5) is 11.4 Å². The van der Waals surface area contributed by atoms with Crippen molar-refractivity contribution in [2.45, 2.75) is 18.8 Å². The van der Waals surface area contributed by atoms with Gasteiger partial charge in [0.25, 0.3) is 5.91 Å². The smallest absolute Gasteiger partial charge is 0.257 e. The van der Waals surface area contributed by atoms with Gasteiger partial charge in [0.15, 0.2) is 0 Å². The largest absolute Gasteiger partial charge is 0.397 e. The summed E-state index contributed by atoms with van der Waals surface area (Å²) in [5, 5.41) is 6.10. The highest BCUT2D eigenvalue weighted by atomic mass is 16.2. The summed E-state index contributed by atoms with van der Waals surface area (Å²) < 4.78 is 0. The molecule has 136 valence electrons. The van der Waals surface area contributed by atoms with Crippen molar-refractivity contribution in [1.29, 1.82) is 0 Å². The summed E-state index contributed by atoms with van der Waals surface area (Å²) >= 11 is 0. The lowest BCUT2D eigenvalue weighted by Gasteiger charge is -2.23. The molecule has 1 aliphatic rings. The van der Waals surface area contributed by atoms with Crippen LogP contribution in [0.25, 0.3) is 0 Å². The minimum absolute atomic E-state index is 0.0950. The number of rotatable bonds is 4. The molecular weight excluding hydrogens is 349 g/mol. The lowest BCUT2D eigenvalue weighted by molar-refractivity contribution is 0.100. The van der Waals surface area contributed by atoms with Gasteiger partial charge in [0.2, 0.25) is 5.91 Å². The first-order valence-corrected chi connectivity index (χ1v) is 8.99. The molecule has 1 atom stereocenters. The Kier molecular flexibility index (Phi) is 5.84. The molecule has 6 radical (unpaired) electrons. The number of nitrogen functional groups attached to an aromatic ring is 1. The maximum atomic E-state index is 12.8. The van der Waals surface area contributed by atoms with Crippen LogP contribution in [0, 0.1) is 0 Å². The van der Waals surface area contributed by atoms with E-state index in [1.165, 1.54) is 5.56 Å². The number of hydrogen-bond acceptors (Lipinski definition) is 4. The molecule has 3 rings (SSSR count). The molecule has 2 aromatic carbocycles. The number of anilines is 2. The van der Waals surface area contributed by atoms with E-state index in [0.717, 1.165) is 25.9 Å². The first-order chi connectivity index (χ1) is 13.3. The standard InChI is InChI=1S/C19H19B3N4O2/c20-14-12(18(24)27)17(23)13(15(21)16(14)22)19(28)26-11-5-3-9(4-6-11)10-2-1-7-25-8-10/h3-6,10,25H,1-2,7-8,23H2,(H2,24,27)(H,26,28). The van der Waals surface area contributed by atoms with Crippen LogP contribution in [0.15, 0.2) is 24.3 Å². The fourth-order valence-electron chi connectivity index (χ4n) is 3.51. The summed E-state index contributed by atoms with van der Waals surface area (Å²) in [6, 6.07) is 7.58. The highest BCUT2D eigenvalue weighted by molar-refractivity contribution is 6.60. The number of nitrogens with two attached hydrogens (primary N) is 2. The highest BCUT2D eigenvalue weighted by Crippen LogP contribution is 2.24. The molecule has 2 aromatic rings. The fraction of sp³-hybridized carbons (Fsp3) is 0.263. The Hall–Kier alpha value is -2.67. The predicted octanol–water partition coefficient (Wildman–Crippen LogP) is -1.53. The molecule has 0 aromatic heterocycles. The molecule has 1 unspecified atom stereocenters. The SMILES string of the molecule is [B]c1c([B])c(C(N)=O)c(N)c(C(=O)Nc2ccc(C3CCCNC3)cc2)c1[B]. The maximum absolute atomic E-state index is 12.8. The molecule has 6 nitrogen and oxygen atoms in total. The van der Waals surface area contributed by atoms with Gasteiger partial charge in [-0.1, -0.05) is 23.1 Å². The zero-order chi connectivity index (χ0) is 20.4. The monoisotopic (exact) mass is 368 g/mol. The van der Waals surface area contributed by atoms with Crippen molar-refractivity contribution in [3.63, 3.8) is 0 Å². The number of nitrogens with one attached hydrogen (secondary N) is 2. The molecule has 0 aliphatic carbocycles. The molecule has 0 saturated carbocycles. The topological polar surface area (TPSA) is 110 Å². The zero-order valence-corrected chi connectivity index (χ0v) is 15.4. The Morgan fingerprint density at radius 2 is 1.68 bits per heavy atom. The third-order valence-electron chi connectivity index (χ3n) is 5.07. The highest BCUT2D eigenvalue weighted by Gasteiger charge is 2.22. The molecule has 9 heteroatoms. The van der Waals surface area contributed by atoms with E-state index in [1.807, 2.05) is 24.3 Å². The molecule has 1 saturated heterocycles. The Labute approximate surface area is 168 Å². The molecule has 28 heavy (non-hydrogen) atoms. The normalized spacial score (nSPS) is 16.5. The van der Waals surface area contributed by atoms with Crippen LogP contribution in [0.2, 0.25) is 0 Å². The van der Waals surface area contributed by atoms with Crippen molar-refractivity contribution in [3.8, 4) is 0 Å². The number of carbonyl (C=O) groups is 2. The second kappa shape index (κ2) is 8.14. The third kappa shape index (κ3) is 3.80. The Morgan fingerprint density at radius 3 is 2.25 bits per heavy atom. The van der Waals surface area contributed by atoms with E-state index in [2.05, 4.69) is 10.6 Å². The van der Waals surface area contributed by atoms with Gasteiger partial charge in [-0.3, -0.25) is 9.59 Å². The summed E-state index contributed by atoms with van der Waals surface area (Å²) in [5.74, 6) is -1.03. The van der Waals surface area contributed by atoms with Crippen LogP contribution in [-0.2, 0) is 0 Å². The molecule has 2 amide bonds. The molecule has 1 fully saturated rings. The van der Waals surface area contributed by atoms with E-state index < -0.39 is 11.8 Å². The second-order valence-electron chi connectivity index (χ2n) is 6.89. The second-order valence-corrected chi connectivity index (χ2v) is 6.89. The Balaban J connectivity index is 1.86. The van der Waals surface area contributed by atoms with Crippen molar-refractivity contribution >= 4 is 63.1 Å². The van der Waals surface area contributed by atoms with Gasteiger partial charge in [0.05, 0.1) is 16.8 Å². The van der Waals surface area contributed by atoms with Gasteiger partial charge < -0.3 is 22.1 Å². The van der Waals surface area contributed by atoms with Gasteiger partial charge in [-0.15, -0.1) is 5.46 Å². The van der Waals surface area contributed by atoms with Gasteiger partial charge in [0, 0.05) is 12.2 Å². The van der Waals surface area contributed by atoms with Gasteiger partial charge >= 0.3 is 0 Å². The molecule has 0 spiro atoms. The van der Waals surface area contributed by atoms with E-state index >= 15 is 0 Å². The summed E-state index contributed by atoms with van der Waals surface area (Å²) in [5.41, 5.74) is 12.2. The maximum Gasteiger partial charge on any atom is 0.257 e. The Morgan fingerprint density at radius 1 is 1.04 bits per heavy atom. The molecule has 6 N–H and O–H groups in total. The van der Waals surface area contributed by atoms with Crippen LogP contribution >= 0.6 is 0 Å². The van der Waals surface area contributed by atoms with Gasteiger partial charge in [-0.25, -0.2) is 0 Å². The number of benzene rings is 2. The molecule has 0 bridgehead atoms. The molecule has 1 heterocycles. The van der Waals surface area contributed by atoms with Crippen molar-refractivity contribution in [2.75, 3.05) is 24.1 Å². The average molecular weight is 368 g/mol. The minimum atomic E-state index is -0.888. The van der Waals surface area contributed by atoms with Gasteiger partial charge in [-0.05, 0) is 43.0 Å². The van der Waals surface area contributed by atoms with Crippen LogP contribution in [0.1, 0.15) is 45.0 Å². The van der Waals surface area contributed by atoms with Gasteiger partial charge in [0.1, 0.15) is 23.5 Å². The summed E-state index contributed by atoms with van der Waals surface area (Å²) in [4.78, 5) is 24.4. The zero-order valence-electron chi connectivity index (χ0n) is 15.4. The van der Waals surface area contributed by atoms with Crippen LogP contribution < -0.4 is 38.5 Å². The van der Waals surface area contributed by atoms with Crippen LogP contribution in [0.5, 0.6) is 0 Å². The number of carbonyl (C=O) groups excluding carboxylic acids is 2. The lowest BCUT2D eigenvalue weighted by Crippen LogP contribution is -2.47. The van der Waals surface area contributed by atoms with Crippen molar-refractivity contribution in [1.82, 2.24) is 5.32 Å². The number of piperidine rings is 1. The summed E-state index contributed by atoms with van der Waals surface area (Å²) in [6.45, 7) is 1.99. The number of primary amides is 1. The number of amides is 2. The predicted molar refractivity (Wildman–Crippen MR) is 115 cm³/mol. The van der Waals surface area contributed by atoms with E-state index in [4.69, 9.17) is 35.0 Å². The van der Waals surface area contributed by atoms with Crippen LogP contribution in [0.3, 0.4) is 0 Å². The number of hydrogen-bond donors (Lipinski definition) is 4. The van der Waals surface area contributed by atoms with Crippen molar-refractivity contribution in [2.24, 2.45) is 5.73 Å². The Bertz CT molecular complexity index is 926. The molecule has 1 aliphatic heterocycles. The average Bonchev–Trinajstić information content (AvgIpc) is 2.67. The minimum Gasteiger partial charge on any atom is -0.397 e. The third-order valence-corrected chi connectivity index (χ3v) is 5.07. The quantitative estimate of drug-likeness (QED) is 0.388. The summed E-state index contributed by atoms with van der Waals surface area (Å²) in [7, 11) is 17.5. The van der Waals surface area contributed by atoms with E-state index in [-0.39, 0.29) is 33.2 Å². The fourth-order valence-corrected chi connectivity index (χ4v) is 3.51. The lowest BCUT2D eigenvalue weighted by atomic mass is 9.67. The summed E-state index contributed by atoms with van der Waals surface area (Å²) in [6.07, 6.45) is 2.27. The van der Waals surface area contributed by atoms with E-state index in [9.17, 15) is 9.59 Å². The van der Waals surface area contributed by atoms with Gasteiger partial charge in [-0.2, -0.15) is 0 Å². The first kappa shape index (κ1) is 20.1. The van der Waals surface area contributed by atoms with E-state index in [1.54, 1.807) is 0 Å².